The highest BCUT2D eigenvalue weighted by molar-refractivity contribution is 7.11. The predicted molar refractivity (Wildman–Crippen MR) is 74.4 cm³/mol. The first-order valence-corrected chi connectivity index (χ1v) is 7.49. The number of hydrogen-bond acceptors (Lipinski definition) is 4. The number of carbonyl (C=O) groups is 2. The fourth-order valence-corrected chi connectivity index (χ4v) is 2.68. The Balaban J connectivity index is 1.98. The standard InChI is InChI=1S/C13H19N3O2S/c1-9(2)7-14-11(17)10-8-19-12(15-10)13(18)16-5-3-4-6-16/h8-9H,3-7H2,1-2H3,(H,14,17). The second-order valence-corrected chi connectivity index (χ2v) is 6.00. The van der Waals surface area contributed by atoms with Crippen molar-refractivity contribution in [3.63, 3.8) is 0 Å². The van der Waals surface area contributed by atoms with Crippen LogP contribution >= 0.6 is 11.3 Å². The van der Waals surface area contributed by atoms with Crippen LogP contribution in [0.15, 0.2) is 5.38 Å². The van der Waals surface area contributed by atoms with Crippen molar-refractivity contribution >= 4 is 23.2 Å². The van der Waals surface area contributed by atoms with Gasteiger partial charge in [0, 0.05) is 25.0 Å². The molecule has 0 saturated carbocycles. The number of carbonyl (C=O) groups excluding carboxylic acids is 2. The predicted octanol–water partition coefficient (Wildman–Crippen LogP) is 1.76. The molecule has 2 heterocycles. The molecule has 5 nitrogen and oxygen atoms in total. The van der Waals surface area contributed by atoms with Crippen molar-refractivity contribution in [1.82, 2.24) is 15.2 Å². The zero-order valence-corrected chi connectivity index (χ0v) is 12.1. The van der Waals surface area contributed by atoms with Gasteiger partial charge < -0.3 is 10.2 Å². The molecule has 1 fully saturated rings. The van der Waals surface area contributed by atoms with Gasteiger partial charge in [0.05, 0.1) is 0 Å². The lowest BCUT2D eigenvalue weighted by molar-refractivity contribution is 0.0792. The molecule has 2 amide bonds. The Morgan fingerprint density at radius 1 is 1.42 bits per heavy atom. The molecular formula is C13H19N3O2S. The number of aromatic nitrogens is 1. The summed E-state index contributed by atoms with van der Waals surface area (Å²) in [5.41, 5.74) is 0.341. The van der Waals surface area contributed by atoms with E-state index in [1.165, 1.54) is 11.3 Å². The lowest BCUT2D eigenvalue weighted by atomic mass is 10.2. The van der Waals surface area contributed by atoms with E-state index in [1.807, 2.05) is 13.8 Å². The van der Waals surface area contributed by atoms with Gasteiger partial charge in [0.2, 0.25) is 0 Å². The second-order valence-electron chi connectivity index (χ2n) is 5.14. The molecule has 0 aromatic carbocycles. The Hall–Kier alpha value is -1.43. The Morgan fingerprint density at radius 3 is 2.74 bits per heavy atom. The number of hydrogen-bond donors (Lipinski definition) is 1. The van der Waals surface area contributed by atoms with Gasteiger partial charge in [-0.05, 0) is 18.8 Å². The zero-order chi connectivity index (χ0) is 13.8. The Labute approximate surface area is 117 Å². The largest absolute Gasteiger partial charge is 0.350 e. The average molecular weight is 281 g/mol. The van der Waals surface area contributed by atoms with E-state index in [2.05, 4.69) is 10.3 Å². The topological polar surface area (TPSA) is 62.3 Å². The van der Waals surface area contributed by atoms with E-state index in [1.54, 1.807) is 10.3 Å². The third kappa shape index (κ3) is 3.53. The Kier molecular flexibility index (Phi) is 4.52. The molecule has 19 heavy (non-hydrogen) atoms. The Morgan fingerprint density at radius 2 is 2.11 bits per heavy atom. The maximum absolute atomic E-state index is 12.1. The van der Waals surface area contributed by atoms with Gasteiger partial charge in [-0.25, -0.2) is 4.98 Å². The van der Waals surface area contributed by atoms with E-state index in [0.717, 1.165) is 25.9 Å². The SMILES string of the molecule is CC(C)CNC(=O)c1csc(C(=O)N2CCCC2)n1. The van der Waals surface area contributed by atoms with Crippen LogP contribution in [-0.2, 0) is 0 Å². The minimum atomic E-state index is -0.203. The first-order valence-electron chi connectivity index (χ1n) is 6.61. The monoisotopic (exact) mass is 281 g/mol. The number of thiazole rings is 1. The number of rotatable bonds is 4. The van der Waals surface area contributed by atoms with Crippen molar-refractivity contribution in [3.8, 4) is 0 Å². The van der Waals surface area contributed by atoms with Gasteiger partial charge in [-0.3, -0.25) is 9.59 Å². The van der Waals surface area contributed by atoms with Crippen molar-refractivity contribution in [1.29, 1.82) is 0 Å². The zero-order valence-electron chi connectivity index (χ0n) is 11.3. The summed E-state index contributed by atoms with van der Waals surface area (Å²) in [7, 11) is 0. The van der Waals surface area contributed by atoms with E-state index >= 15 is 0 Å². The molecule has 0 atom stereocenters. The molecule has 1 aromatic heterocycles. The first kappa shape index (κ1) is 14.0. The Bertz CT molecular complexity index is 464. The molecule has 1 N–H and O–H groups in total. The molecule has 1 aromatic rings. The van der Waals surface area contributed by atoms with E-state index in [0.29, 0.717) is 23.2 Å². The molecule has 0 bridgehead atoms. The lowest BCUT2D eigenvalue weighted by Gasteiger charge is -2.12. The van der Waals surface area contributed by atoms with Crippen LogP contribution in [-0.4, -0.2) is 41.3 Å². The summed E-state index contributed by atoms with van der Waals surface area (Å²) < 4.78 is 0. The number of nitrogens with zero attached hydrogens (tertiary/aromatic N) is 2. The molecule has 0 spiro atoms. The van der Waals surface area contributed by atoms with Gasteiger partial charge in [0.15, 0.2) is 5.01 Å². The highest BCUT2D eigenvalue weighted by Gasteiger charge is 2.23. The molecule has 6 heteroatoms. The molecule has 0 aliphatic carbocycles. The summed E-state index contributed by atoms with van der Waals surface area (Å²) in [6, 6.07) is 0. The number of amides is 2. The normalized spacial score (nSPS) is 15.0. The van der Waals surface area contributed by atoms with Crippen molar-refractivity contribution in [2.24, 2.45) is 5.92 Å². The minimum Gasteiger partial charge on any atom is -0.350 e. The van der Waals surface area contributed by atoms with Crippen LogP contribution in [0.1, 0.15) is 47.0 Å². The van der Waals surface area contributed by atoms with Crippen LogP contribution in [0.4, 0.5) is 0 Å². The first-order chi connectivity index (χ1) is 9.08. The highest BCUT2D eigenvalue weighted by atomic mass is 32.1. The lowest BCUT2D eigenvalue weighted by Crippen LogP contribution is -2.29. The van der Waals surface area contributed by atoms with Gasteiger partial charge in [-0.1, -0.05) is 13.8 Å². The minimum absolute atomic E-state index is 0.0505. The van der Waals surface area contributed by atoms with Crippen LogP contribution in [0.3, 0.4) is 0 Å². The summed E-state index contributed by atoms with van der Waals surface area (Å²) in [4.78, 5) is 29.9. The van der Waals surface area contributed by atoms with Crippen molar-refractivity contribution in [2.45, 2.75) is 26.7 Å². The summed E-state index contributed by atoms with van der Waals surface area (Å²) in [6.07, 6.45) is 2.11. The van der Waals surface area contributed by atoms with E-state index < -0.39 is 0 Å². The van der Waals surface area contributed by atoms with Crippen molar-refractivity contribution < 1.29 is 9.59 Å². The van der Waals surface area contributed by atoms with Gasteiger partial charge >= 0.3 is 0 Å². The second kappa shape index (κ2) is 6.14. The van der Waals surface area contributed by atoms with Gasteiger partial charge in [0.25, 0.3) is 11.8 Å². The van der Waals surface area contributed by atoms with E-state index in [9.17, 15) is 9.59 Å². The molecular weight excluding hydrogens is 262 g/mol. The van der Waals surface area contributed by atoms with Gasteiger partial charge in [0.1, 0.15) is 5.69 Å². The molecule has 1 saturated heterocycles. The average Bonchev–Trinajstić information content (AvgIpc) is 3.05. The third-order valence-corrected chi connectivity index (χ3v) is 3.81. The van der Waals surface area contributed by atoms with E-state index in [4.69, 9.17) is 0 Å². The highest BCUT2D eigenvalue weighted by Crippen LogP contribution is 2.16. The number of nitrogens with one attached hydrogen (secondary N) is 1. The van der Waals surface area contributed by atoms with E-state index in [-0.39, 0.29) is 11.8 Å². The van der Waals surface area contributed by atoms with Gasteiger partial charge in [-0.15, -0.1) is 11.3 Å². The van der Waals surface area contributed by atoms with Crippen LogP contribution in [0.2, 0.25) is 0 Å². The summed E-state index contributed by atoms with van der Waals surface area (Å²) in [6.45, 7) is 6.28. The smallest absolute Gasteiger partial charge is 0.282 e. The molecule has 1 aliphatic rings. The summed E-state index contributed by atoms with van der Waals surface area (Å²) in [5, 5.41) is 4.87. The quantitative estimate of drug-likeness (QED) is 0.915. The van der Waals surface area contributed by atoms with Crippen molar-refractivity contribution in [3.05, 3.63) is 16.1 Å². The van der Waals surface area contributed by atoms with Crippen molar-refractivity contribution in [2.75, 3.05) is 19.6 Å². The molecule has 2 rings (SSSR count). The summed E-state index contributed by atoms with van der Waals surface area (Å²) >= 11 is 1.24. The molecule has 1 aliphatic heterocycles. The van der Waals surface area contributed by atoms with Crippen LogP contribution in [0.5, 0.6) is 0 Å². The fraction of sp³-hybridized carbons (Fsp3) is 0.615. The maximum Gasteiger partial charge on any atom is 0.282 e. The number of likely N-dealkylation sites (tertiary alicyclic amines) is 1. The molecule has 0 unspecified atom stereocenters. The molecule has 0 radical (unpaired) electrons. The van der Waals surface area contributed by atoms with Crippen LogP contribution in [0.25, 0.3) is 0 Å². The van der Waals surface area contributed by atoms with Crippen LogP contribution < -0.4 is 5.32 Å². The van der Waals surface area contributed by atoms with Gasteiger partial charge in [-0.2, -0.15) is 0 Å². The van der Waals surface area contributed by atoms with Crippen LogP contribution in [0, 0.1) is 5.92 Å². The fourth-order valence-electron chi connectivity index (χ4n) is 1.92. The maximum atomic E-state index is 12.1. The molecule has 104 valence electrons. The third-order valence-electron chi connectivity index (χ3n) is 2.98. The summed E-state index contributed by atoms with van der Waals surface area (Å²) in [5.74, 6) is 0.143.